The summed E-state index contributed by atoms with van der Waals surface area (Å²) in [6, 6.07) is 9.58. The van der Waals surface area contributed by atoms with Gasteiger partial charge < -0.3 is 10.4 Å². The first-order chi connectivity index (χ1) is 8.18. The minimum Gasteiger partial charge on any atom is -0.481 e. The molecule has 0 aromatic heterocycles. The Bertz CT molecular complexity index is 416. The SMILES string of the molecule is O=C(NCc1ccccc1)[C@H]1CC[C@H]1C(=O)O. The molecule has 4 heteroatoms. The van der Waals surface area contributed by atoms with Crippen LogP contribution in [0.3, 0.4) is 0 Å². The summed E-state index contributed by atoms with van der Waals surface area (Å²) in [6.07, 6.45) is 1.29. The van der Waals surface area contributed by atoms with Crippen LogP contribution in [0.4, 0.5) is 0 Å². The van der Waals surface area contributed by atoms with Crippen LogP contribution < -0.4 is 5.32 Å². The second-order valence-corrected chi connectivity index (χ2v) is 4.33. The van der Waals surface area contributed by atoms with Crippen molar-refractivity contribution in [3.05, 3.63) is 35.9 Å². The van der Waals surface area contributed by atoms with E-state index < -0.39 is 11.9 Å². The molecule has 90 valence electrons. The second-order valence-electron chi connectivity index (χ2n) is 4.33. The molecule has 2 atom stereocenters. The zero-order valence-electron chi connectivity index (χ0n) is 9.43. The summed E-state index contributed by atoms with van der Waals surface area (Å²) < 4.78 is 0. The Labute approximate surface area is 99.6 Å². The van der Waals surface area contributed by atoms with E-state index in [1.165, 1.54) is 0 Å². The summed E-state index contributed by atoms with van der Waals surface area (Å²) in [7, 11) is 0. The van der Waals surface area contributed by atoms with Gasteiger partial charge in [-0.25, -0.2) is 0 Å². The third-order valence-electron chi connectivity index (χ3n) is 3.24. The minimum absolute atomic E-state index is 0.146. The van der Waals surface area contributed by atoms with Gasteiger partial charge in [-0.15, -0.1) is 0 Å². The smallest absolute Gasteiger partial charge is 0.307 e. The van der Waals surface area contributed by atoms with Gasteiger partial charge in [0.15, 0.2) is 0 Å². The number of carboxylic acids is 1. The highest BCUT2D eigenvalue weighted by atomic mass is 16.4. The number of rotatable bonds is 4. The summed E-state index contributed by atoms with van der Waals surface area (Å²) in [5.41, 5.74) is 1.02. The van der Waals surface area contributed by atoms with Crippen LogP contribution >= 0.6 is 0 Å². The predicted octanol–water partition coefficient (Wildman–Crippen LogP) is 1.41. The summed E-state index contributed by atoms with van der Waals surface area (Å²) in [4.78, 5) is 22.5. The van der Waals surface area contributed by atoms with Crippen molar-refractivity contribution >= 4 is 11.9 Å². The van der Waals surface area contributed by atoms with E-state index >= 15 is 0 Å². The molecule has 1 aromatic rings. The van der Waals surface area contributed by atoms with Crippen LogP contribution in [0.5, 0.6) is 0 Å². The molecule has 0 saturated heterocycles. The lowest BCUT2D eigenvalue weighted by Crippen LogP contribution is -2.43. The number of hydrogen-bond donors (Lipinski definition) is 2. The molecule has 0 aliphatic heterocycles. The highest BCUT2D eigenvalue weighted by Gasteiger charge is 2.41. The minimum atomic E-state index is -0.865. The maximum Gasteiger partial charge on any atom is 0.307 e. The number of carbonyl (C=O) groups is 2. The van der Waals surface area contributed by atoms with Gasteiger partial charge in [0.1, 0.15) is 0 Å². The Kier molecular flexibility index (Phi) is 3.42. The lowest BCUT2D eigenvalue weighted by Gasteiger charge is -2.31. The van der Waals surface area contributed by atoms with E-state index in [0.717, 1.165) is 5.56 Å². The molecule has 4 nitrogen and oxygen atoms in total. The van der Waals surface area contributed by atoms with Crippen molar-refractivity contribution in [2.24, 2.45) is 11.8 Å². The summed E-state index contributed by atoms with van der Waals surface area (Å²) in [5.74, 6) is -1.86. The monoisotopic (exact) mass is 233 g/mol. The van der Waals surface area contributed by atoms with Crippen molar-refractivity contribution < 1.29 is 14.7 Å². The van der Waals surface area contributed by atoms with Crippen LogP contribution in [0.25, 0.3) is 0 Å². The zero-order chi connectivity index (χ0) is 12.3. The van der Waals surface area contributed by atoms with E-state index in [0.29, 0.717) is 19.4 Å². The quantitative estimate of drug-likeness (QED) is 0.826. The molecule has 0 bridgehead atoms. The Morgan fingerprint density at radius 3 is 2.35 bits per heavy atom. The normalized spacial score (nSPS) is 22.6. The fraction of sp³-hybridized carbons (Fsp3) is 0.385. The number of benzene rings is 1. The molecule has 0 spiro atoms. The molecule has 1 saturated carbocycles. The molecule has 1 amide bonds. The van der Waals surface area contributed by atoms with Crippen LogP contribution in [0, 0.1) is 11.8 Å². The Hall–Kier alpha value is -1.84. The van der Waals surface area contributed by atoms with E-state index in [1.807, 2.05) is 30.3 Å². The van der Waals surface area contributed by atoms with Crippen molar-refractivity contribution in [3.8, 4) is 0 Å². The first-order valence-electron chi connectivity index (χ1n) is 5.73. The van der Waals surface area contributed by atoms with Crippen molar-refractivity contribution in [2.75, 3.05) is 0 Å². The van der Waals surface area contributed by atoms with Crippen molar-refractivity contribution in [2.45, 2.75) is 19.4 Å². The number of amides is 1. The molecule has 1 fully saturated rings. The van der Waals surface area contributed by atoms with Gasteiger partial charge in [-0.2, -0.15) is 0 Å². The average Bonchev–Trinajstić information content (AvgIpc) is 2.25. The highest BCUT2D eigenvalue weighted by Crippen LogP contribution is 2.34. The number of carbonyl (C=O) groups excluding carboxylic acids is 1. The molecule has 0 unspecified atom stereocenters. The van der Waals surface area contributed by atoms with Crippen LogP contribution in [0.15, 0.2) is 30.3 Å². The number of aliphatic carboxylic acids is 1. The summed E-state index contributed by atoms with van der Waals surface area (Å²) in [5, 5.41) is 11.6. The molecule has 0 radical (unpaired) electrons. The fourth-order valence-electron chi connectivity index (χ4n) is 2.03. The van der Waals surface area contributed by atoms with Gasteiger partial charge in [0, 0.05) is 6.54 Å². The zero-order valence-corrected chi connectivity index (χ0v) is 9.43. The molecule has 0 heterocycles. The molecule has 1 aromatic carbocycles. The number of carboxylic acid groups (broad SMARTS) is 1. The molecule has 17 heavy (non-hydrogen) atoms. The first kappa shape index (κ1) is 11.6. The summed E-state index contributed by atoms with van der Waals surface area (Å²) >= 11 is 0. The van der Waals surface area contributed by atoms with Crippen molar-refractivity contribution in [1.82, 2.24) is 5.32 Å². The van der Waals surface area contributed by atoms with Crippen LogP contribution in [0.2, 0.25) is 0 Å². The maximum absolute atomic E-state index is 11.7. The first-order valence-corrected chi connectivity index (χ1v) is 5.73. The fourth-order valence-corrected chi connectivity index (χ4v) is 2.03. The third-order valence-corrected chi connectivity index (χ3v) is 3.24. The van der Waals surface area contributed by atoms with E-state index in [9.17, 15) is 9.59 Å². The van der Waals surface area contributed by atoms with Gasteiger partial charge in [0.25, 0.3) is 0 Å². The maximum atomic E-state index is 11.7. The van der Waals surface area contributed by atoms with Gasteiger partial charge in [0.2, 0.25) is 5.91 Å². The standard InChI is InChI=1S/C13H15NO3/c15-12(10-6-7-11(10)13(16)17)14-8-9-4-2-1-3-5-9/h1-5,10-11H,6-8H2,(H,14,15)(H,16,17)/t10-,11+/m0/s1. The Balaban J connectivity index is 1.84. The lowest BCUT2D eigenvalue weighted by molar-refractivity contribution is -0.152. The largest absolute Gasteiger partial charge is 0.481 e. The molecule has 2 rings (SSSR count). The van der Waals surface area contributed by atoms with Gasteiger partial charge in [0.05, 0.1) is 11.8 Å². The van der Waals surface area contributed by atoms with Crippen molar-refractivity contribution in [1.29, 1.82) is 0 Å². The molecular weight excluding hydrogens is 218 g/mol. The molecule has 2 N–H and O–H groups in total. The predicted molar refractivity (Wildman–Crippen MR) is 62.1 cm³/mol. The average molecular weight is 233 g/mol. The Morgan fingerprint density at radius 2 is 1.82 bits per heavy atom. The van der Waals surface area contributed by atoms with Crippen LogP contribution in [-0.2, 0) is 16.1 Å². The van der Waals surface area contributed by atoms with E-state index in [-0.39, 0.29) is 11.8 Å². The lowest BCUT2D eigenvalue weighted by atomic mass is 9.73. The van der Waals surface area contributed by atoms with Gasteiger partial charge in [-0.1, -0.05) is 30.3 Å². The van der Waals surface area contributed by atoms with E-state index in [1.54, 1.807) is 0 Å². The second kappa shape index (κ2) is 4.99. The van der Waals surface area contributed by atoms with Crippen LogP contribution in [0.1, 0.15) is 18.4 Å². The van der Waals surface area contributed by atoms with E-state index in [2.05, 4.69) is 5.32 Å². The number of hydrogen-bond acceptors (Lipinski definition) is 2. The van der Waals surface area contributed by atoms with Crippen LogP contribution in [-0.4, -0.2) is 17.0 Å². The van der Waals surface area contributed by atoms with Gasteiger partial charge in [-0.3, -0.25) is 9.59 Å². The molecule has 1 aliphatic rings. The summed E-state index contributed by atoms with van der Waals surface area (Å²) in [6.45, 7) is 0.461. The molecular formula is C13H15NO3. The van der Waals surface area contributed by atoms with Crippen molar-refractivity contribution in [3.63, 3.8) is 0 Å². The van der Waals surface area contributed by atoms with Gasteiger partial charge in [-0.05, 0) is 18.4 Å². The third kappa shape index (κ3) is 2.64. The van der Waals surface area contributed by atoms with Gasteiger partial charge >= 0.3 is 5.97 Å². The highest BCUT2D eigenvalue weighted by molar-refractivity contribution is 5.86. The number of nitrogens with one attached hydrogen (secondary N) is 1. The Morgan fingerprint density at radius 1 is 1.18 bits per heavy atom. The molecule has 1 aliphatic carbocycles. The van der Waals surface area contributed by atoms with E-state index in [4.69, 9.17) is 5.11 Å². The topological polar surface area (TPSA) is 66.4 Å².